The monoisotopic (exact) mass is 318 g/mol. The van der Waals surface area contributed by atoms with Gasteiger partial charge in [-0.25, -0.2) is 0 Å². The summed E-state index contributed by atoms with van der Waals surface area (Å²) in [6, 6.07) is 0. The number of nitrogens with zero attached hydrogens (tertiary/aromatic N) is 2. The number of quaternary nitrogens is 1. The van der Waals surface area contributed by atoms with Crippen molar-refractivity contribution in [2.75, 3.05) is 27.7 Å². The molecule has 0 bridgehead atoms. The molecule has 5 nitrogen and oxygen atoms in total. The highest BCUT2D eigenvalue weighted by Gasteiger charge is 2.04. The molecule has 0 radical (unpaired) electrons. The van der Waals surface area contributed by atoms with Crippen LogP contribution in [0.3, 0.4) is 0 Å². The lowest BCUT2D eigenvalue weighted by Gasteiger charge is -2.23. The van der Waals surface area contributed by atoms with Gasteiger partial charge in [0.15, 0.2) is 0 Å². The van der Waals surface area contributed by atoms with Gasteiger partial charge in [-0.2, -0.15) is 0 Å². The Morgan fingerprint density at radius 3 is 1.23 bits per heavy atom. The molecule has 0 atom stereocenters. The lowest BCUT2D eigenvalue weighted by Crippen LogP contribution is -2.35. The highest BCUT2D eigenvalue weighted by atomic mass is 16.9. The molecule has 0 aliphatic carbocycles. The molecule has 0 spiro atoms. The fourth-order valence-electron chi connectivity index (χ4n) is 2.43. The van der Waals surface area contributed by atoms with E-state index in [9.17, 15) is 0 Å². The lowest BCUT2D eigenvalue weighted by atomic mass is 10.1. The predicted molar refractivity (Wildman–Crippen MR) is 94.3 cm³/mol. The van der Waals surface area contributed by atoms with Crippen molar-refractivity contribution in [3.05, 3.63) is 15.3 Å². The Balaban J connectivity index is 0. The van der Waals surface area contributed by atoms with Crippen LogP contribution in [0.15, 0.2) is 0 Å². The Hall–Kier alpha value is -0.840. The number of hydrogen-bond donors (Lipinski definition) is 0. The average Bonchev–Trinajstić information content (AvgIpc) is 2.38. The molecule has 0 saturated heterocycles. The van der Waals surface area contributed by atoms with E-state index < -0.39 is 5.09 Å². The van der Waals surface area contributed by atoms with Crippen molar-refractivity contribution in [1.29, 1.82) is 0 Å². The maximum Gasteiger partial charge on any atom is 0.0780 e. The van der Waals surface area contributed by atoms with Gasteiger partial charge in [-0.3, -0.25) is 0 Å². The fraction of sp³-hybridized carbons (Fsp3) is 1.00. The maximum absolute atomic E-state index is 8.25. The smallest absolute Gasteiger partial charge is 0.0780 e. The Kier molecular flexibility index (Phi) is 17.6. The second-order valence-corrected chi connectivity index (χ2v) is 7.13. The van der Waals surface area contributed by atoms with Gasteiger partial charge in [-0.1, -0.05) is 71.1 Å². The molecule has 0 aromatic rings. The third-order valence-electron chi connectivity index (χ3n) is 3.68. The number of rotatable bonds is 13. The van der Waals surface area contributed by atoms with E-state index in [1.165, 1.54) is 83.6 Å². The summed E-state index contributed by atoms with van der Waals surface area (Å²) in [5, 5.41) is 14.8. The fourth-order valence-corrected chi connectivity index (χ4v) is 2.43. The molecule has 0 aliphatic heterocycles. The highest BCUT2D eigenvalue weighted by molar-refractivity contribution is 4.48. The van der Waals surface area contributed by atoms with E-state index in [2.05, 4.69) is 28.1 Å². The summed E-state index contributed by atoms with van der Waals surface area (Å²) in [6.45, 7) is 3.62. The molecule has 22 heavy (non-hydrogen) atoms. The first kappa shape index (κ1) is 23.4. The van der Waals surface area contributed by atoms with Gasteiger partial charge in [0.05, 0.1) is 32.8 Å². The van der Waals surface area contributed by atoms with Crippen LogP contribution in [0.5, 0.6) is 0 Å². The van der Waals surface area contributed by atoms with Crippen molar-refractivity contribution in [2.24, 2.45) is 0 Å². The topological polar surface area (TPSA) is 66.2 Å². The van der Waals surface area contributed by atoms with Crippen LogP contribution in [0.1, 0.15) is 84.0 Å². The average molecular weight is 319 g/mol. The molecule has 0 heterocycles. The number of unbranched alkanes of at least 4 members (excludes halogenated alkanes) is 11. The third-order valence-corrected chi connectivity index (χ3v) is 3.68. The van der Waals surface area contributed by atoms with Crippen molar-refractivity contribution in [1.82, 2.24) is 0 Å². The zero-order chi connectivity index (χ0) is 17.3. The summed E-state index contributed by atoms with van der Waals surface area (Å²) in [7, 11) is 6.87. The third kappa shape index (κ3) is 31.5. The Morgan fingerprint density at radius 1 is 0.682 bits per heavy atom. The zero-order valence-corrected chi connectivity index (χ0v) is 15.3. The highest BCUT2D eigenvalue weighted by Crippen LogP contribution is 2.12. The molecule has 0 saturated carbocycles. The van der Waals surface area contributed by atoms with Crippen molar-refractivity contribution >= 4 is 0 Å². The van der Waals surface area contributed by atoms with E-state index in [0.717, 1.165) is 4.48 Å². The van der Waals surface area contributed by atoms with Gasteiger partial charge >= 0.3 is 0 Å². The quantitative estimate of drug-likeness (QED) is 0.204. The summed E-state index contributed by atoms with van der Waals surface area (Å²) < 4.78 is 1.12. The molecular weight excluding hydrogens is 280 g/mol. The first-order valence-electron chi connectivity index (χ1n) is 8.91. The van der Waals surface area contributed by atoms with Crippen molar-refractivity contribution < 1.29 is 9.57 Å². The van der Waals surface area contributed by atoms with Crippen molar-refractivity contribution in [3.63, 3.8) is 0 Å². The van der Waals surface area contributed by atoms with Crippen LogP contribution >= 0.6 is 0 Å². The van der Waals surface area contributed by atoms with Crippen LogP contribution in [-0.4, -0.2) is 37.3 Å². The van der Waals surface area contributed by atoms with Crippen LogP contribution in [0, 0.1) is 15.3 Å². The minimum absolute atomic E-state index is 1.12. The Morgan fingerprint density at radius 2 is 0.955 bits per heavy atom. The SMILES string of the molecule is CCCCCCCCCCCCCC[N+](C)(C)C.O=[N+]([O-])[O-]. The molecular formula is C17H38N2O3. The minimum Gasteiger partial charge on any atom is -0.356 e. The molecule has 0 aromatic heterocycles. The van der Waals surface area contributed by atoms with Gasteiger partial charge < -0.3 is 19.8 Å². The summed E-state index contributed by atoms with van der Waals surface area (Å²) in [4.78, 5) is 8.25. The Bertz CT molecular complexity index is 237. The van der Waals surface area contributed by atoms with Gasteiger partial charge in [0, 0.05) is 0 Å². The first-order valence-corrected chi connectivity index (χ1v) is 8.91. The van der Waals surface area contributed by atoms with Crippen LogP contribution < -0.4 is 0 Å². The van der Waals surface area contributed by atoms with Gasteiger partial charge in [0.25, 0.3) is 0 Å². The summed E-state index contributed by atoms with van der Waals surface area (Å²) in [5.74, 6) is 0. The van der Waals surface area contributed by atoms with Crippen molar-refractivity contribution in [3.8, 4) is 0 Å². The van der Waals surface area contributed by atoms with Gasteiger partial charge in [-0.15, -0.1) is 0 Å². The minimum atomic E-state index is -1.75. The largest absolute Gasteiger partial charge is 0.356 e. The molecule has 0 unspecified atom stereocenters. The molecule has 0 aromatic carbocycles. The van der Waals surface area contributed by atoms with E-state index in [-0.39, 0.29) is 0 Å². The van der Waals surface area contributed by atoms with Gasteiger partial charge in [0.2, 0.25) is 0 Å². The van der Waals surface area contributed by atoms with E-state index in [0.29, 0.717) is 0 Å². The standard InChI is InChI=1S/C17H38N.NO3/c1-5-6-7-8-9-10-11-12-13-14-15-16-17-18(2,3)4;2-1(3)4/h5-17H2,1-4H3;/q+1;-1. The van der Waals surface area contributed by atoms with Crippen LogP contribution in [0.25, 0.3) is 0 Å². The Labute approximate surface area is 137 Å². The molecule has 5 heteroatoms. The van der Waals surface area contributed by atoms with Gasteiger partial charge in [0.1, 0.15) is 0 Å². The normalized spacial score (nSPS) is 10.9. The zero-order valence-electron chi connectivity index (χ0n) is 15.3. The van der Waals surface area contributed by atoms with Crippen LogP contribution in [0.2, 0.25) is 0 Å². The van der Waals surface area contributed by atoms with Crippen molar-refractivity contribution in [2.45, 2.75) is 84.0 Å². The van der Waals surface area contributed by atoms with E-state index in [1.54, 1.807) is 0 Å². The first-order chi connectivity index (χ1) is 10.3. The molecule has 0 fully saturated rings. The summed E-state index contributed by atoms with van der Waals surface area (Å²) >= 11 is 0. The van der Waals surface area contributed by atoms with Gasteiger partial charge in [-0.05, 0) is 12.8 Å². The van der Waals surface area contributed by atoms with Crippen LogP contribution in [0.4, 0.5) is 0 Å². The molecule has 0 amide bonds. The molecule has 0 rings (SSSR count). The predicted octanol–water partition coefficient (Wildman–Crippen LogP) is 5.15. The van der Waals surface area contributed by atoms with Crippen LogP contribution in [-0.2, 0) is 0 Å². The maximum atomic E-state index is 8.25. The van der Waals surface area contributed by atoms with E-state index in [4.69, 9.17) is 15.3 Å². The van der Waals surface area contributed by atoms with E-state index >= 15 is 0 Å². The molecule has 134 valence electrons. The summed E-state index contributed by atoms with van der Waals surface area (Å²) in [6.07, 6.45) is 17.4. The second-order valence-electron chi connectivity index (χ2n) is 7.13. The molecule has 0 N–H and O–H groups in total. The second kappa shape index (κ2) is 16.5. The van der Waals surface area contributed by atoms with E-state index in [1.807, 2.05) is 0 Å². The lowest BCUT2D eigenvalue weighted by molar-refractivity contribution is -0.870. The molecule has 0 aliphatic rings. The summed E-state index contributed by atoms with van der Waals surface area (Å²) in [5.41, 5.74) is 0. The number of hydrogen-bond acceptors (Lipinski definition) is 3.